The zero-order valence-electron chi connectivity index (χ0n) is 5.07. The van der Waals surface area contributed by atoms with Crippen molar-refractivity contribution in [3.63, 3.8) is 0 Å². The first-order valence-corrected chi connectivity index (χ1v) is 3.16. The number of hydrogen-bond acceptors (Lipinski definition) is 1. The van der Waals surface area contributed by atoms with E-state index in [4.69, 9.17) is 11.6 Å². The van der Waals surface area contributed by atoms with Crippen molar-refractivity contribution in [3.05, 3.63) is 0 Å². The molecule has 0 aromatic carbocycles. The minimum absolute atomic E-state index is 0.119. The summed E-state index contributed by atoms with van der Waals surface area (Å²) in [7, 11) is 0. The first-order chi connectivity index (χ1) is 3.54. The highest BCUT2D eigenvalue weighted by Crippen LogP contribution is 2.39. The number of alkyl halides is 1. The Hall–Kier alpha value is -0.0400. The molecule has 0 saturated heterocycles. The van der Waals surface area contributed by atoms with E-state index >= 15 is 0 Å². The van der Waals surface area contributed by atoms with Gasteiger partial charge in [-0.3, -0.25) is 4.79 Å². The Labute approximate surface area is 54.0 Å². The molecule has 1 unspecified atom stereocenters. The Kier molecular flexibility index (Phi) is 1.12. The van der Waals surface area contributed by atoms with Crippen LogP contribution in [0.1, 0.15) is 20.3 Å². The van der Waals surface area contributed by atoms with Gasteiger partial charge in [0.25, 0.3) is 0 Å². The van der Waals surface area contributed by atoms with Crippen LogP contribution in [-0.2, 0) is 4.79 Å². The molecule has 1 rings (SSSR count). The van der Waals surface area contributed by atoms with E-state index < -0.39 is 0 Å². The van der Waals surface area contributed by atoms with E-state index in [1.165, 1.54) is 0 Å². The highest BCUT2D eigenvalue weighted by atomic mass is 35.5. The SMILES string of the molecule is CC1(C)CC(Cl)C1=O. The van der Waals surface area contributed by atoms with Crippen molar-refractivity contribution >= 4 is 17.4 Å². The zero-order chi connectivity index (χ0) is 6.36. The van der Waals surface area contributed by atoms with Gasteiger partial charge in [-0.2, -0.15) is 0 Å². The molecule has 0 N–H and O–H groups in total. The fourth-order valence-corrected chi connectivity index (χ4v) is 1.62. The Morgan fingerprint density at radius 2 is 2.25 bits per heavy atom. The third-order valence-electron chi connectivity index (χ3n) is 1.64. The largest absolute Gasteiger partial charge is 0.297 e. The van der Waals surface area contributed by atoms with Crippen LogP contribution in [0.2, 0.25) is 0 Å². The molecule has 0 aromatic heterocycles. The smallest absolute Gasteiger partial charge is 0.156 e. The van der Waals surface area contributed by atoms with E-state index in [2.05, 4.69) is 0 Å². The average molecular weight is 133 g/mol. The summed E-state index contributed by atoms with van der Waals surface area (Å²) >= 11 is 5.53. The van der Waals surface area contributed by atoms with Gasteiger partial charge >= 0.3 is 0 Å². The molecular weight excluding hydrogens is 124 g/mol. The predicted octanol–water partition coefficient (Wildman–Crippen LogP) is 1.59. The van der Waals surface area contributed by atoms with Gasteiger partial charge in [0.1, 0.15) is 0 Å². The summed E-state index contributed by atoms with van der Waals surface area (Å²) in [5.74, 6) is 0.194. The van der Waals surface area contributed by atoms with E-state index in [1.807, 2.05) is 13.8 Å². The van der Waals surface area contributed by atoms with Crippen molar-refractivity contribution in [2.75, 3.05) is 0 Å². The molecule has 1 aliphatic rings. The molecule has 1 fully saturated rings. The van der Waals surface area contributed by atoms with Gasteiger partial charge in [-0.25, -0.2) is 0 Å². The number of rotatable bonds is 0. The van der Waals surface area contributed by atoms with Crippen molar-refractivity contribution in [2.24, 2.45) is 5.41 Å². The van der Waals surface area contributed by atoms with Crippen LogP contribution in [0.15, 0.2) is 0 Å². The molecule has 0 radical (unpaired) electrons. The molecule has 0 amide bonds. The molecular formula is C6H9ClO. The summed E-state index contributed by atoms with van der Waals surface area (Å²) in [6, 6.07) is 0. The zero-order valence-corrected chi connectivity index (χ0v) is 5.83. The number of Topliss-reactive ketones (excluding diaryl/α,β-unsaturated/α-hetero) is 1. The van der Waals surface area contributed by atoms with E-state index in [1.54, 1.807) is 0 Å². The second-order valence-corrected chi connectivity index (χ2v) is 3.45. The van der Waals surface area contributed by atoms with Crippen molar-refractivity contribution in [2.45, 2.75) is 25.6 Å². The fourth-order valence-electron chi connectivity index (χ4n) is 0.934. The fraction of sp³-hybridized carbons (Fsp3) is 0.833. The molecule has 46 valence electrons. The van der Waals surface area contributed by atoms with Gasteiger partial charge in [0.2, 0.25) is 0 Å². The molecule has 1 aliphatic carbocycles. The molecule has 8 heavy (non-hydrogen) atoms. The van der Waals surface area contributed by atoms with Crippen LogP contribution in [0, 0.1) is 5.41 Å². The second kappa shape index (κ2) is 1.47. The first kappa shape index (κ1) is 6.09. The molecule has 1 atom stereocenters. The van der Waals surface area contributed by atoms with Gasteiger partial charge in [0, 0.05) is 5.41 Å². The Balaban J connectivity index is 2.61. The minimum atomic E-state index is -0.190. The van der Waals surface area contributed by atoms with Crippen LogP contribution in [0.25, 0.3) is 0 Å². The van der Waals surface area contributed by atoms with Gasteiger partial charge in [-0.05, 0) is 6.42 Å². The topological polar surface area (TPSA) is 17.1 Å². The number of halogens is 1. The minimum Gasteiger partial charge on any atom is -0.297 e. The number of carbonyl (C=O) groups excluding carboxylic acids is 1. The van der Waals surface area contributed by atoms with Gasteiger partial charge in [-0.15, -0.1) is 11.6 Å². The Bertz CT molecular complexity index is 128. The lowest BCUT2D eigenvalue weighted by atomic mass is 9.70. The van der Waals surface area contributed by atoms with Gasteiger partial charge < -0.3 is 0 Å². The third-order valence-corrected chi connectivity index (χ3v) is 1.99. The van der Waals surface area contributed by atoms with Gasteiger partial charge in [-0.1, -0.05) is 13.8 Å². The monoisotopic (exact) mass is 132 g/mol. The van der Waals surface area contributed by atoms with Crippen LogP contribution in [-0.4, -0.2) is 11.2 Å². The van der Waals surface area contributed by atoms with E-state index in [-0.39, 0.29) is 16.6 Å². The van der Waals surface area contributed by atoms with Crippen molar-refractivity contribution in [1.29, 1.82) is 0 Å². The predicted molar refractivity (Wildman–Crippen MR) is 33.0 cm³/mol. The average Bonchev–Trinajstić information content (AvgIpc) is 1.65. The molecule has 0 bridgehead atoms. The first-order valence-electron chi connectivity index (χ1n) is 2.72. The van der Waals surface area contributed by atoms with Crippen molar-refractivity contribution in [3.8, 4) is 0 Å². The normalized spacial score (nSPS) is 34.4. The summed E-state index contributed by atoms with van der Waals surface area (Å²) in [6.07, 6.45) is 0.841. The van der Waals surface area contributed by atoms with Crippen molar-refractivity contribution < 1.29 is 4.79 Å². The van der Waals surface area contributed by atoms with E-state index in [0.29, 0.717) is 0 Å². The maximum absolute atomic E-state index is 10.8. The van der Waals surface area contributed by atoms with Crippen molar-refractivity contribution in [1.82, 2.24) is 0 Å². The Morgan fingerprint density at radius 3 is 2.25 bits per heavy atom. The molecule has 1 saturated carbocycles. The van der Waals surface area contributed by atoms with E-state index in [9.17, 15) is 4.79 Å². The quantitative estimate of drug-likeness (QED) is 0.458. The van der Waals surface area contributed by atoms with E-state index in [0.717, 1.165) is 6.42 Å². The lowest BCUT2D eigenvalue weighted by Crippen LogP contribution is -2.45. The third kappa shape index (κ3) is 0.655. The highest BCUT2D eigenvalue weighted by molar-refractivity contribution is 6.34. The van der Waals surface area contributed by atoms with Gasteiger partial charge in [0.15, 0.2) is 5.78 Å². The van der Waals surface area contributed by atoms with Crippen LogP contribution in [0.5, 0.6) is 0 Å². The summed E-state index contributed by atoms with van der Waals surface area (Å²) in [4.78, 5) is 10.8. The summed E-state index contributed by atoms with van der Waals surface area (Å²) in [6.45, 7) is 3.85. The lowest BCUT2D eigenvalue weighted by molar-refractivity contribution is -0.134. The van der Waals surface area contributed by atoms with Crippen LogP contribution < -0.4 is 0 Å². The second-order valence-electron chi connectivity index (χ2n) is 2.92. The molecule has 1 nitrogen and oxygen atoms in total. The highest BCUT2D eigenvalue weighted by Gasteiger charge is 2.44. The van der Waals surface area contributed by atoms with Crippen LogP contribution >= 0.6 is 11.6 Å². The molecule has 2 heteroatoms. The maximum Gasteiger partial charge on any atom is 0.156 e. The lowest BCUT2D eigenvalue weighted by Gasteiger charge is -2.36. The van der Waals surface area contributed by atoms with Crippen LogP contribution in [0.3, 0.4) is 0 Å². The molecule has 0 aromatic rings. The number of hydrogen-bond donors (Lipinski definition) is 0. The summed E-state index contributed by atoms with van der Waals surface area (Å²) in [5, 5.41) is -0.190. The standard InChI is InChI=1S/C6H9ClO/c1-6(2)3-4(7)5(6)8/h4H,3H2,1-2H3. The molecule has 0 heterocycles. The molecule has 0 aliphatic heterocycles. The maximum atomic E-state index is 10.8. The van der Waals surface area contributed by atoms with Crippen LogP contribution in [0.4, 0.5) is 0 Å². The molecule has 0 spiro atoms. The summed E-state index contributed by atoms with van der Waals surface area (Å²) in [5.41, 5.74) is -0.119. The number of carbonyl (C=O) groups is 1. The number of ketones is 1. The van der Waals surface area contributed by atoms with Gasteiger partial charge in [0.05, 0.1) is 5.38 Å². The summed E-state index contributed by atoms with van der Waals surface area (Å²) < 4.78 is 0. The Morgan fingerprint density at radius 1 is 1.75 bits per heavy atom.